The molecule has 0 spiro atoms. The fourth-order valence-electron chi connectivity index (χ4n) is 2.02. The molecule has 1 saturated carbocycles. The summed E-state index contributed by atoms with van der Waals surface area (Å²) in [5.41, 5.74) is 4.96. The van der Waals surface area contributed by atoms with Crippen molar-refractivity contribution in [1.29, 1.82) is 0 Å². The lowest BCUT2D eigenvalue weighted by atomic mass is 9.96. The highest BCUT2D eigenvalue weighted by Crippen LogP contribution is 2.29. The lowest BCUT2D eigenvalue weighted by Crippen LogP contribution is -2.56. The van der Waals surface area contributed by atoms with E-state index in [0.29, 0.717) is 19.4 Å². The average Bonchev–Trinajstić information content (AvgIpc) is 2.75. The lowest BCUT2D eigenvalue weighted by Gasteiger charge is -2.28. The number of rotatable bonds is 5. The smallest absolute Gasteiger partial charge is 0.246 e. The van der Waals surface area contributed by atoms with E-state index in [0.717, 1.165) is 12.8 Å². The Morgan fingerprint density at radius 2 is 2.19 bits per heavy atom. The van der Waals surface area contributed by atoms with Gasteiger partial charge in [0.25, 0.3) is 0 Å². The number of ether oxygens (including phenoxy) is 1. The largest absolute Gasteiger partial charge is 0.409 e. The van der Waals surface area contributed by atoms with E-state index in [1.807, 2.05) is 6.92 Å². The number of nitrogens with two attached hydrogens (primary N) is 1. The van der Waals surface area contributed by atoms with E-state index in [1.165, 1.54) is 0 Å². The van der Waals surface area contributed by atoms with Crippen molar-refractivity contribution in [3.63, 3.8) is 0 Å². The molecule has 1 fully saturated rings. The molecule has 0 aromatic rings. The summed E-state index contributed by atoms with van der Waals surface area (Å²) in [5, 5.41) is 14.5. The van der Waals surface area contributed by atoms with Gasteiger partial charge in [-0.25, -0.2) is 0 Å². The zero-order chi connectivity index (χ0) is 12.0. The van der Waals surface area contributed by atoms with Crippen molar-refractivity contribution >= 4 is 11.7 Å². The van der Waals surface area contributed by atoms with E-state index >= 15 is 0 Å². The molecular weight excluding hydrogens is 210 g/mol. The zero-order valence-corrected chi connectivity index (χ0v) is 9.53. The maximum absolute atomic E-state index is 11.6. The SMILES string of the molecule is CCOCC(=O)NC1(/C(N)=N/O)CCCC1. The van der Waals surface area contributed by atoms with Crippen LogP contribution in [0.15, 0.2) is 5.16 Å². The predicted molar refractivity (Wildman–Crippen MR) is 59.2 cm³/mol. The van der Waals surface area contributed by atoms with E-state index < -0.39 is 5.54 Å². The molecule has 0 saturated heterocycles. The first-order valence-electron chi connectivity index (χ1n) is 5.51. The van der Waals surface area contributed by atoms with Crippen molar-refractivity contribution < 1.29 is 14.7 Å². The Morgan fingerprint density at radius 3 is 2.69 bits per heavy atom. The number of amidine groups is 1. The highest BCUT2D eigenvalue weighted by atomic mass is 16.5. The van der Waals surface area contributed by atoms with Gasteiger partial charge in [-0.1, -0.05) is 18.0 Å². The van der Waals surface area contributed by atoms with Gasteiger partial charge in [0.1, 0.15) is 12.1 Å². The Kier molecular flexibility index (Phi) is 4.54. The van der Waals surface area contributed by atoms with Crippen LogP contribution >= 0.6 is 0 Å². The van der Waals surface area contributed by atoms with Crippen LogP contribution in [-0.4, -0.2) is 35.7 Å². The summed E-state index contributed by atoms with van der Waals surface area (Å²) in [5.74, 6) is -0.148. The number of amides is 1. The van der Waals surface area contributed by atoms with Crippen LogP contribution in [0.3, 0.4) is 0 Å². The molecular formula is C10H19N3O3. The minimum atomic E-state index is -0.678. The molecule has 0 bridgehead atoms. The summed E-state index contributed by atoms with van der Waals surface area (Å²) in [6, 6.07) is 0. The van der Waals surface area contributed by atoms with Crippen LogP contribution in [0.5, 0.6) is 0 Å². The Morgan fingerprint density at radius 1 is 1.56 bits per heavy atom. The fourth-order valence-corrected chi connectivity index (χ4v) is 2.02. The summed E-state index contributed by atoms with van der Waals surface area (Å²) >= 11 is 0. The Labute approximate surface area is 94.8 Å². The number of nitrogens with zero attached hydrogens (tertiary/aromatic N) is 1. The van der Waals surface area contributed by atoms with E-state index in [-0.39, 0.29) is 18.3 Å². The lowest BCUT2D eigenvalue weighted by molar-refractivity contribution is -0.126. The van der Waals surface area contributed by atoms with Crippen LogP contribution in [-0.2, 0) is 9.53 Å². The molecule has 4 N–H and O–H groups in total. The quantitative estimate of drug-likeness (QED) is 0.271. The van der Waals surface area contributed by atoms with E-state index in [9.17, 15) is 4.79 Å². The zero-order valence-electron chi connectivity index (χ0n) is 9.53. The number of hydrogen-bond acceptors (Lipinski definition) is 4. The van der Waals surface area contributed by atoms with Crippen LogP contribution in [0, 0.1) is 0 Å². The third-order valence-electron chi connectivity index (χ3n) is 2.87. The molecule has 0 aromatic heterocycles. The van der Waals surface area contributed by atoms with E-state index in [4.69, 9.17) is 15.7 Å². The van der Waals surface area contributed by atoms with Gasteiger partial charge in [-0.05, 0) is 19.8 Å². The molecule has 0 heterocycles. The molecule has 0 radical (unpaired) electrons. The summed E-state index contributed by atoms with van der Waals surface area (Å²) in [4.78, 5) is 11.6. The summed E-state index contributed by atoms with van der Waals surface area (Å²) in [6.45, 7) is 2.32. The van der Waals surface area contributed by atoms with E-state index in [1.54, 1.807) is 0 Å². The van der Waals surface area contributed by atoms with Crippen LogP contribution < -0.4 is 11.1 Å². The minimum absolute atomic E-state index is 0.0109. The molecule has 0 aliphatic heterocycles. The Balaban J connectivity index is 2.61. The van der Waals surface area contributed by atoms with Crippen molar-refractivity contribution in [3.8, 4) is 0 Å². The number of oxime groups is 1. The van der Waals surface area contributed by atoms with Crippen molar-refractivity contribution in [3.05, 3.63) is 0 Å². The molecule has 6 heteroatoms. The van der Waals surface area contributed by atoms with Gasteiger partial charge in [-0.2, -0.15) is 0 Å². The molecule has 0 atom stereocenters. The van der Waals surface area contributed by atoms with E-state index in [2.05, 4.69) is 10.5 Å². The third-order valence-corrected chi connectivity index (χ3v) is 2.87. The van der Waals surface area contributed by atoms with Crippen LogP contribution in [0.2, 0.25) is 0 Å². The first-order valence-corrected chi connectivity index (χ1v) is 5.51. The molecule has 0 aromatic carbocycles. The molecule has 6 nitrogen and oxygen atoms in total. The second-order valence-electron chi connectivity index (χ2n) is 3.96. The fraction of sp³-hybridized carbons (Fsp3) is 0.800. The maximum Gasteiger partial charge on any atom is 0.246 e. The van der Waals surface area contributed by atoms with Crippen molar-refractivity contribution in [2.45, 2.75) is 38.1 Å². The molecule has 16 heavy (non-hydrogen) atoms. The monoisotopic (exact) mass is 229 g/mol. The maximum atomic E-state index is 11.6. The van der Waals surface area contributed by atoms with Crippen molar-refractivity contribution in [2.24, 2.45) is 10.9 Å². The molecule has 1 aliphatic rings. The summed E-state index contributed by atoms with van der Waals surface area (Å²) in [6.07, 6.45) is 3.35. The van der Waals surface area contributed by atoms with Gasteiger partial charge in [0, 0.05) is 6.61 Å². The van der Waals surface area contributed by atoms with Crippen molar-refractivity contribution in [1.82, 2.24) is 5.32 Å². The summed E-state index contributed by atoms with van der Waals surface area (Å²) in [7, 11) is 0. The topological polar surface area (TPSA) is 96.9 Å². The summed E-state index contributed by atoms with van der Waals surface area (Å²) < 4.78 is 5.01. The molecule has 1 amide bonds. The second-order valence-corrected chi connectivity index (χ2v) is 3.96. The molecule has 1 rings (SSSR count). The molecule has 0 unspecified atom stereocenters. The number of carbonyl (C=O) groups excluding carboxylic acids is 1. The van der Waals surface area contributed by atoms with Crippen LogP contribution in [0.25, 0.3) is 0 Å². The van der Waals surface area contributed by atoms with Crippen LogP contribution in [0.1, 0.15) is 32.6 Å². The van der Waals surface area contributed by atoms with Gasteiger partial charge in [0.05, 0.1) is 0 Å². The first kappa shape index (κ1) is 12.8. The molecule has 1 aliphatic carbocycles. The third kappa shape index (κ3) is 2.85. The van der Waals surface area contributed by atoms with Gasteiger partial charge in [-0.3, -0.25) is 4.79 Å². The van der Waals surface area contributed by atoms with Gasteiger partial charge in [0.2, 0.25) is 5.91 Å². The molecule has 92 valence electrons. The van der Waals surface area contributed by atoms with Gasteiger partial charge in [0.15, 0.2) is 5.84 Å². The Hall–Kier alpha value is -1.30. The predicted octanol–water partition coefficient (Wildman–Crippen LogP) is 0.198. The number of carbonyl (C=O) groups is 1. The normalized spacial score (nSPS) is 19.7. The van der Waals surface area contributed by atoms with Gasteiger partial charge in [-0.15, -0.1) is 0 Å². The average molecular weight is 229 g/mol. The van der Waals surface area contributed by atoms with Gasteiger partial charge >= 0.3 is 0 Å². The van der Waals surface area contributed by atoms with Gasteiger partial charge < -0.3 is 21.0 Å². The van der Waals surface area contributed by atoms with Crippen LogP contribution in [0.4, 0.5) is 0 Å². The number of nitrogens with one attached hydrogen (secondary N) is 1. The standard InChI is InChI=1S/C10H19N3O3/c1-2-16-7-8(14)12-10(9(11)13-15)5-3-4-6-10/h15H,2-7H2,1H3,(H2,11,13)(H,12,14). The Bertz CT molecular complexity index is 272. The highest BCUT2D eigenvalue weighted by Gasteiger charge is 2.39. The second kappa shape index (κ2) is 5.69. The highest BCUT2D eigenvalue weighted by molar-refractivity contribution is 5.94. The van der Waals surface area contributed by atoms with Crippen molar-refractivity contribution in [2.75, 3.05) is 13.2 Å². The first-order chi connectivity index (χ1) is 7.64. The number of hydrogen-bond donors (Lipinski definition) is 3. The minimum Gasteiger partial charge on any atom is -0.409 e.